The van der Waals surface area contributed by atoms with Gasteiger partial charge in [-0.25, -0.2) is 0 Å². The predicted molar refractivity (Wildman–Crippen MR) is 92.5 cm³/mol. The standard InChI is InChI=1S/C18H26N2O.ClH/c1-15-2-4-16(5-3-15)6-7-17(21)20-12-9-18(10-13-20)8-11-19-14-18;/h2-5,19H,6-14H2,1H3;1H. The Hall–Kier alpha value is -1.06. The maximum absolute atomic E-state index is 12.4. The van der Waals surface area contributed by atoms with Gasteiger partial charge in [0.05, 0.1) is 0 Å². The number of hydrogen-bond donors (Lipinski definition) is 1. The molecule has 2 aliphatic rings. The van der Waals surface area contributed by atoms with Crippen LogP contribution in [0.15, 0.2) is 24.3 Å². The first-order valence-electron chi connectivity index (χ1n) is 8.21. The van der Waals surface area contributed by atoms with Crippen molar-refractivity contribution >= 4 is 18.3 Å². The van der Waals surface area contributed by atoms with E-state index in [-0.39, 0.29) is 12.4 Å². The number of halogens is 1. The molecule has 3 nitrogen and oxygen atoms in total. The summed E-state index contributed by atoms with van der Waals surface area (Å²) in [6.45, 7) is 6.30. The van der Waals surface area contributed by atoms with Crippen molar-refractivity contribution in [2.75, 3.05) is 26.2 Å². The Balaban J connectivity index is 0.00000176. The third-order valence-corrected chi connectivity index (χ3v) is 5.26. The zero-order valence-electron chi connectivity index (χ0n) is 13.4. The molecule has 0 aliphatic carbocycles. The van der Waals surface area contributed by atoms with Crippen LogP contribution in [0.5, 0.6) is 0 Å². The molecule has 3 rings (SSSR count). The van der Waals surface area contributed by atoms with E-state index < -0.39 is 0 Å². The summed E-state index contributed by atoms with van der Waals surface area (Å²) in [5, 5.41) is 3.47. The lowest BCUT2D eigenvalue weighted by atomic mass is 9.78. The highest BCUT2D eigenvalue weighted by molar-refractivity contribution is 5.85. The van der Waals surface area contributed by atoms with Crippen molar-refractivity contribution in [2.45, 2.75) is 39.0 Å². The number of piperidine rings is 1. The molecule has 1 aromatic rings. The van der Waals surface area contributed by atoms with Crippen LogP contribution >= 0.6 is 12.4 Å². The normalized spacial score (nSPS) is 20.0. The minimum Gasteiger partial charge on any atom is -0.343 e. The van der Waals surface area contributed by atoms with Crippen LogP contribution in [0.25, 0.3) is 0 Å². The largest absolute Gasteiger partial charge is 0.343 e. The Bertz CT molecular complexity index is 484. The first-order chi connectivity index (χ1) is 10.2. The molecule has 0 aromatic heterocycles. The molecule has 0 unspecified atom stereocenters. The molecule has 4 heteroatoms. The molecule has 0 atom stereocenters. The van der Waals surface area contributed by atoms with Gasteiger partial charge in [-0.2, -0.15) is 0 Å². The van der Waals surface area contributed by atoms with Crippen LogP contribution in [0.1, 0.15) is 36.8 Å². The Morgan fingerprint density at radius 1 is 1.18 bits per heavy atom. The smallest absolute Gasteiger partial charge is 0.222 e. The molecule has 0 radical (unpaired) electrons. The van der Waals surface area contributed by atoms with Crippen LogP contribution in [-0.4, -0.2) is 37.0 Å². The molecule has 2 heterocycles. The Morgan fingerprint density at radius 3 is 2.45 bits per heavy atom. The Kier molecular flexibility index (Phi) is 5.87. The van der Waals surface area contributed by atoms with Crippen molar-refractivity contribution in [3.63, 3.8) is 0 Å². The van der Waals surface area contributed by atoms with Crippen molar-refractivity contribution in [1.29, 1.82) is 0 Å². The van der Waals surface area contributed by atoms with Gasteiger partial charge in [-0.15, -0.1) is 12.4 Å². The molecular weight excluding hydrogens is 296 g/mol. The Labute approximate surface area is 139 Å². The van der Waals surface area contributed by atoms with Crippen LogP contribution in [0.4, 0.5) is 0 Å². The fourth-order valence-corrected chi connectivity index (χ4v) is 3.62. The Morgan fingerprint density at radius 2 is 1.86 bits per heavy atom. The second-order valence-electron chi connectivity index (χ2n) is 6.79. The number of rotatable bonds is 3. The molecule has 2 fully saturated rings. The molecule has 1 spiro atoms. The van der Waals surface area contributed by atoms with Gasteiger partial charge in [0.15, 0.2) is 0 Å². The summed E-state index contributed by atoms with van der Waals surface area (Å²) in [4.78, 5) is 14.4. The summed E-state index contributed by atoms with van der Waals surface area (Å²) < 4.78 is 0. The zero-order valence-corrected chi connectivity index (χ0v) is 14.3. The predicted octanol–water partition coefficient (Wildman–Crippen LogP) is 2.95. The van der Waals surface area contributed by atoms with Crippen LogP contribution in [0, 0.1) is 12.3 Å². The highest BCUT2D eigenvalue weighted by Crippen LogP contribution is 2.36. The number of hydrogen-bond acceptors (Lipinski definition) is 2. The van der Waals surface area contributed by atoms with E-state index in [1.54, 1.807) is 0 Å². The average molecular weight is 323 g/mol. The number of nitrogens with one attached hydrogen (secondary N) is 1. The third-order valence-electron chi connectivity index (χ3n) is 5.26. The van der Waals surface area contributed by atoms with E-state index in [0.717, 1.165) is 32.6 Å². The van der Waals surface area contributed by atoms with Crippen molar-refractivity contribution in [1.82, 2.24) is 10.2 Å². The van der Waals surface area contributed by atoms with E-state index in [1.165, 1.54) is 30.4 Å². The van der Waals surface area contributed by atoms with Gasteiger partial charge >= 0.3 is 0 Å². The molecular formula is C18H27ClN2O. The van der Waals surface area contributed by atoms with Gasteiger partial charge in [-0.1, -0.05) is 29.8 Å². The van der Waals surface area contributed by atoms with Crippen molar-refractivity contribution in [3.8, 4) is 0 Å². The molecule has 0 saturated carbocycles. The highest BCUT2D eigenvalue weighted by Gasteiger charge is 2.37. The first-order valence-corrected chi connectivity index (χ1v) is 8.21. The number of nitrogens with zero attached hydrogens (tertiary/aromatic N) is 1. The lowest BCUT2D eigenvalue weighted by molar-refractivity contribution is -0.133. The van der Waals surface area contributed by atoms with Crippen molar-refractivity contribution in [3.05, 3.63) is 35.4 Å². The van der Waals surface area contributed by atoms with E-state index in [1.807, 2.05) is 0 Å². The lowest BCUT2D eigenvalue weighted by Crippen LogP contribution is -2.44. The van der Waals surface area contributed by atoms with Crippen LogP contribution in [0.3, 0.4) is 0 Å². The minimum absolute atomic E-state index is 0. The topological polar surface area (TPSA) is 32.3 Å². The molecule has 122 valence electrons. The molecule has 1 aromatic carbocycles. The van der Waals surface area contributed by atoms with E-state index in [9.17, 15) is 4.79 Å². The summed E-state index contributed by atoms with van der Waals surface area (Å²) in [5.41, 5.74) is 3.03. The summed E-state index contributed by atoms with van der Waals surface area (Å²) in [6, 6.07) is 8.52. The van der Waals surface area contributed by atoms with Crippen molar-refractivity contribution < 1.29 is 4.79 Å². The van der Waals surface area contributed by atoms with Crippen LogP contribution < -0.4 is 5.32 Å². The number of aryl methyl sites for hydroxylation is 2. The summed E-state index contributed by atoms with van der Waals surface area (Å²) in [7, 11) is 0. The average Bonchev–Trinajstić information content (AvgIpc) is 2.95. The number of amides is 1. The lowest BCUT2D eigenvalue weighted by Gasteiger charge is -2.39. The number of carbonyl (C=O) groups is 1. The maximum Gasteiger partial charge on any atom is 0.222 e. The van der Waals surface area contributed by atoms with Gasteiger partial charge in [0.25, 0.3) is 0 Å². The molecule has 0 bridgehead atoms. The summed E-state index contributed by atoms with van der Waals surface area (Å²) in [5.74, 6) is 0.330. The van der Waals surface area contributed by atoms with E-state index in [0.29, 0.717) is 17.7 Å². The zero-order chi connectivity index (χ0) is 14.7. The van der Waals surface area contributed by atoms with Gasteiger partial charge in [0, 0.05) is 26.1 Å². The summed E-state index contributed by atoms with van der Waals surface area (Å²) >= 11 is 0. The van der Waals surface area contributed by atoms with Gasteiger partial charge in [0.2, 0.25) is 5.91 Å². The molecule has 2 saturated heterocycles. The fourth-order valence-electron chi connectivity index (χ4n) is 3.62. The number of likely N-dealkylation sites (tertiary alicyclic amines) is 1. The maximum atomic E-state index is 12.4. The van der Waals surface area contributed by atoms with E-state index in [2.05, 4.69) is 41.4 Å². The van der Waals surface area contributed by atoms with Gasteiger partial charge in [-0.3, -0.25) is 4.79 Å². The van der Waals surface area contributed by atoms with Gasteiger partial charge < -0.3 is 10.2 Å². The van der Waals surface area contributed by atoms with Gasteiger partial charge in [-0.05, 0) is 50.1 Å². The quantitative estimate of drug-likeness (QED) is 0.928. The minimum atomic E-state index is 0. The molecule has 22 heavy (non-hydrogen) atoms. The first kappa shape index (κ1) is 17.3. The van der Waals surface area contributed by atoms with E-state index >= 15 is 0 Å². The van der Waals surface area contributed by atoms with Gasteiger partial charge in [0.1, 0.15) is 0 Å². The van der Waals surface area contributed by atoms with Crippen LogP contribution in [-0.2, 0) is 11.2 Å². The third kappa shape index (κ3) is 4.02. The molecule has 1 amide bonds. The second kappa shape index (κ2) is 7.47. The number of benzene rings is 1. The van der Waals surface area contributed by atoms with E-state index in [4.69, 9.17) is 0 Å². The fraction of sp³-hybridized carbons (Fsp3) is 0.611. The summed E-state index contributed by atoms with van der Waals surface area (Å²) in [6.07, 6.45) is 5.15. The molecule has 1 N–H and O–H groups in total. The highest BCUT2D eigenvalue weighted by atomic mass is 35.5. The van der Waals surface area contributed by atoms with Crippen LogP contribution in [0.2, 0.25) is 0 Å². The van der Waals surface area contributed by atoms with Crippen molar-refractivity contribution in [2.24, 2.45) is 5.41 Å². The SMILES string of the molecule is Cc1ccc(CCC(=O)N2CCC3(CCNC3)CC2)cc1.Cl. The second-order valence-corrected chi connectivity index (χ2v) is 6.79. The number of carbonyl (C=O) groups excluding carboxylic acids is 1. The molecule has 2 aliphatic heterocycles. The monoisotopic (exact) mass is 322 g/mol.